The van der Waals surface area contributed by atoms with Gasteiger partial charge in [0.2, 0.25) is 0 Å². The average molecular weight is 412 g/mol. The first-order chi connectivity index (χ1) is 15.2. The molecule has 0 amide bonds. The third kappa shape index (κ3) is 3.92. The minimum atomic E-state index is 0.770. The molecule has 3 aromatic heterocycles. The minimum absolute atomic E-state index is 0.770. The van der Waals surface area contributed by atoms with Gasteiger partial charge in [-0.15, -0.1) is 0 Å². The SMILES string of the molecule is COc1ccc(-n2ncc(CN3CCc4nc(-c5ccncc5)ncc4C3)c2C)cc1. The first-order valence-electron chi connectivity index (χ1n) is 10.4. The van der Waals surface area contributed by atoms with Crippen molar-refractivity contribution in [3.8, 4) is 22.8 Å². The standard InChI is InChI=1S/C24H24N6O/c1-17-19(14-27-30(17)21-3-5-22(31-2)6-4-21)15-29-12-9-23-20(16-29)13-26-24(28-23)18-7-10-25-11-8-18/h3-8,10-11,13-14H,9,12,15-16H2,1-2H3. The minimum Gasteiger partial charge on any atom is -0.497 e. The van der Waals surface area contributed by atoms with E-state index in [1.807, 2.05) is 53.5 Å². The van der Waals surface area contributed by atoms with E-state index >= 15 is 0 Å². The van der Waals surface area contributed by atoms with Gasteiger partial charge in [0.1, 0.15) is 5.75 Å². The maximum atomic E-state index is 5.25. The van der Waals surface area contributed by atoms with Crippen LogP contribution in [0.25, 0.3) is 17.1 Å². The Morgan fingerprint density at radius 1 is 1.03 bits per heavy atom. The molecule has 4 heterocycles. The molecule has 0 bridgehead atoms. The first kappa shape index (κ1) is 19.4. The largest absolute Gasteiger partial charge is 0.497 e. The van der Waals surface area contributed by atoms with Crippen LogP contribution in [0.2, 0.25) is 0 Å². The molecular weight excluding hydrogens is 388 g/mol. The molecule has 0 saturated carbocycles. The Labute approximate surface area is 181 Å². The van der Waals surface area contributed by atoms with E-state index < -0.39 is 0 Å². The highest BCUT2D eigenvalue weighted by molar-refractivity contribution is 5.54. The van der Waals surface area contributed by atoms with Crippen molar-refractivity contribution >= 4 is 0 Å². The first-order valence-corrected chi connectivity index (χ1v) is 10.4. The molecule has 7 heteroatoms. The number of benzene rings is 1. The molecule has 7 nitrogen and oxygen atoms in total. The van der Waals surface area contributed by atoms with Gasteiger partial charge < -0.3 is 4.74 Å². The molecule has 1 aliphatic rings. The Kier molecular flexibility index (Phi) is 5.18. The highest BCUT2D eigenvalue weighted by Gasteiger charge is 2.20. The quantitative estimate of drug-likeness (QED) is 0.499. The van der Waals surface area contributed by atoms with Gasteiger partial charge in [-0.3, -0.25) is 9.88 Å². The predicted octanol–water partition coefficient (Wildman–Crippen LogP) is 3.60. The highest BCUT2D eigenvalue weighted by Crippen LogP contribution is 2.23. The van der Waals surface area contributed by atoms with E-state index in [2.05, 4.69) is 26.9 Å². The van der Waals surface area contributed by atoms with Crippen LogP contribution in [0.3, 0.4) is 0 Å². The smallest absolute Gasteiger partial charge is 0.159 e. The predicted molar refractivity (Wildman–Crippen MR) is 118 cm³/mol. The molecule has 4 aromatic rings. The van der Waals surface area contributed by atoms with Gasteiger partial charge in [-0.2, -0.15) is 5.10 Å². The number of ether oxygens (including phenoxy) is 1. The van der Waals surface area contributed by atoms with Gasteiger partial charge in [-0.05, 0) is 43.3 Å². The van der Waals surface area contributed by atoms with Gasteiger partial charge in [0.15, 0.2) is 5.82 Å². The summed E-state index contributed by atoms with van der Waals surface area (Å²) in [5.41, 5.74) is 6.76. The van der Waals surface area contributed by atoms with Gasteiger partial charge in [-0.25, -0.2) is 14.6 Å². The topological polar surface area (TPSA) is 69.0 Å². The second kappa shape index (κ2) is 8.28. The summed E-state index contributed by atoms with van der Waals surface area (Å²) >= 11 is 0. The lowest BCUT2D eigenvalue weighted by atomic mass is 10.1. The van der Waals surface area contributed by atoms with E-state index in [0.29, 0.717) is 0 Å². The van der Waals surface area contributed by atoms with Crippen molar-refractivity contribution in [2.24, 2.45) is 0 Å². The van der Waals surface area contributed by atoms with E-state index in [4.69, 9.17) is 9.72 Å². The van der Waals surface area contributed by atoms with Crippen molar-refractivity contribution in [1.82, 2.24) is 29.6 Å². The molecule has 1 aromatic carbocycles. The molecule has 0 atom stereocenters. The van der Waals surface area contributed by atoms with Crippen molar-refractivity contribution in [1.29, 1.82) is 0 Å². The third-order valence-corrected chi connectivity index (χ3v) is 5.77. The maximum absolute atomic E-state index is 5.25. The third-order valence-electron chi connectivity index (χ3n) is 5.77. The molecular formula is C24H24N6O. The summed E-state index contributed by atoms with van der Waals surface area (Å²) in [6, 6.07) is 11.9. The second-order valence-corrected chi connectivity index (χ2v) is 7.73. The molecule has 156 valence electrons. The van der Waals surface area contributed by atoms with Crippen LogP contribution in [0.1, 0.15) is 22.5 Å². The lowest BCUT2D eigenvalue weighted by Gasteiger charge is -2.28. The van der Waals surface area contributed by atoms with Crippen molar-refractivity contribution in [3.63, 3.8) is 0 Å². The van der Waals surface area contributed by atoms with Crippen LogP contribution in [0, 0.1) is 6.92 Å². The van der Waals surface area contributed by atoms with Crippen molar-refractivity contribution in [2.45, 2.75) is 26.4 Å². The number of methoxy groups -OCH3 is 1. The van der Waals surface area contributed by atoms with Gasteiger partial charge in [0.25, 0.3) is 0 Å². The zero-order valence-corrected chi connectivity index (χ0v) is 17.7. The summed E-state index contributed by atoms with van der Waals surface area (Å²) in [5.74, 6) is 1.61. The molecule has 0 radical (unpaired) electrons. The maximum Gasteiger partial charge on any atom is 0.159 e. The number of aromatic nitrogens is 5. The average Bonchev–Trinajstić information content (AvgIpc) is 3.19. The monoisotopic (exact) mass is 412 g/mol. The fraction of sp³-hybridized carbons (Fsp3) is 0.250. The van der Waals surface area contributed by atoms with E-state index in [9.17, 15) is 0 Å². The van der Waals surface area contributed by atoms with E-state index in [1.54, 1.807) is 19.5 Å². The van der Waals surface area contributed by atoms with E-state index in [-0.39, 0.29) is 0 Å². The Morgan fingerprint density at radius 3 is 2.61 bits per heavy atom. The molecule has 5 rings (SSSR count). The van der Waals surface area contributed by atoms with Crippen LogP contribution >= 0.6 is 0 Å². The second-order valence-electron chi connectivity index (χ2n) is 7.73. The van der Waals surface area contributed by atoms with Crippen LogP contribution < -0.4 is 4.74 Å². The number of hydrogen-bond acceptors (Lipinski definition) is 6. The fourth-order valence-corrected chi connectivity index (χ4v) is 3.97. The summed E-state index contributed by atoms with van der Waals surface area (Å²) in [7, 11) is 1.67. The van der Waals surface area contributed by atoms with Crippen molar-refractivity contribution < 1.29 is 4.74 Å². The zero-order chi connectivity index (χ0) is 21.2. The van der Waals surface area contributed by atoms with E-state index in [0.717, 1.165) is 60.3 Å². The molecule has 0 fully saturated rings. The lowest BCUT2D eigenvalue weighted by Crippen LogP contribution is -2.31. The summed E-state index contributed by atoms with van der Waals surface area (Å²) in [5, 5.41) is 4.62. The van der Waals surface area contributed by atoms with Crippen LogP contribution in [-0.4, -0.2) is 43.3 Å². The van der Waals surface area contributed by atoms with E-state index in [1.165, 1.54) is 11.1 Å². The summed E-state index contributed by atoms with van der Waals surface area (Å²) in [4.78, 5) is 15.9. The van der Waals surface area contributed by atoms with Gasteiger partial charge in [0.05, 0.1) is 24.7 Å². The normalized spacial score (nSPS) is 13.7. The molecule has 0 spiro atoms. The van der Waals surface area contributed by atoms with Gasteiger partial charge >= 0.3 is 0 Å². The fourth-order valence-electron chi connectivity index (χ4n) is 3.97. The number of nitrogens with zero attached hydrogens (tertiary/aromatic N) is 6. The van der Waals surface area contributed by atoms with Crippen molar-refractivity contribution in [2.75, 3.05) is 13.7 Å². The Morgan fingerprint density at radius 2 is 1.84 bits per heavy atom. The van der Waals surface area contributed by atoms with Gasteiger partial charge in [-0.1, -0.05) is 0 Å². The van der Waals surface area contributed by atoms with Gasteiger partial charge in [0, 0.05) is 67.0 Å². The summed E-state index contributed by atoms with van der Waals surface area (Å²) < 4.78 is 7.24. The zero-order valence-electron chi connectivity index (χ0n) is 17.7. The van der Waals surface area contributed by atoms with Crippen LogP contribution in [0.5, 0.6) is 5.75 Å². The number of fused-ring (bicyclic) bond motifs is 1. The van der Waals surface area contributed by atoms with Crippen LogP contribution in [-0.2, 0) is 19.5 Å². The molecule has 0 unspecified atom stereocenters. The van der Waals surface area contributed by atoms with Crippen LogP contribution in [0.15, 0.2) is 61.2 Å². The summed E-state index contributed by atoms with van der Waals surface area (Å²) in [6.45, 7) is 4.79. The Bertz CT molecular complexity index is 1190. The molecule has 31 heavy (non-hydrogen) atoms. The summed E-state index contributed by atoms with van der Waals surface area (Å²) in [6.07, 6.45) is 8.40. The number of rotatable bonds is 5. The molecule has 0 saturated heterocycles. The highest BCUT2D eigenvalue weighted by atomic mass is 16.5. The van der Waals surface area contributed by atoms with Crippen LogP contribution in [0.4, 0.5) is 0 Å². The lowest BCUT2D eigenvalue weighted by molar-refractivity contribution is 0.242. The Hall–Kier alpha value is -3.58. The number of pyridine rings is 1. The Balaban J connectivity index is 1.31. The molecule has 1 aliphatic heterocycles. The molecule has 0 N–H and O–H groups in total. The molecule has 0 aliphatic carbocycles. The van der Waals surface area contributed by atoms with Crippen molar-refractivity contribution in [3.05, 3.63) is 83.7 Å². The number of hydrogen-bond donors (Lipinski definition) is 0.